The fourth-order valence-electron chi connectivity index (χ4n) is 3.12. The molecule has 5 heteroatoms. The predicted molar refractivity (Wildman–Crippen MR) is 72.5 cm³/mol. The molecule has 1 amide bonds. The number of carbonyl (C=O) groups excluding carboxylic acids is 2. The maximum atomic E-state index is 12.3. The Balaban J connectivity index is 2.01. The summed E-state index contributed by atoms with van der Waals surface area (Å²) >= 11 is 3.47. The van der Waals surface area contributed by atoms with Gasteiger partial charge in [0.15, 0.2) is 0 Å². The second kappa shape index (κ2) is 4.63. The van der Waals surface area contributed by atoms with Crippen LogP contribution < -0.4 is 0 Å². The van der Waals surface area contributed by atoms with Crippen molar-refractivity contribution in [1.29, 1.82) is 0 Å². The van der Waals surface area contributed by atoms with Crippen molar-refractivity contribution in [1.82, 2.24) is 4.90 Å². The Morgan fingerprint density at radius 3 is 2.95 bits per heavy atom. The van der Waals surface area contributed by atoms with Crippen LogP contribution in [0.2, 0.25) is 0 Å². The molecule has 0 radical (unpaired) electrons. The van der Waals surface area contributed by atoms with Crippen molar-refractivity contribution in [3.05, 3.63) is 33.8 Å². The third kappa shape index (κ3) is 1.96. The van der Waals surface area contributed by atoms with Gasteiger partial charge in [-0.1, -0.05) is 22.0 Å². The summed E-state index contributed by atoms with van der Waals surface area (Å²) in [5.41, 5.74) is 2.22. The minimum atomic E-state index is -0.422. The van der Waals surface area contributed by atoms with E-state index in [9.17, 15) is 9.59 Å². The molecule has 1 unspecified atom stereocenters. The van der Waals surface area contributed by atoms with Crippen LogP contribution in [0.3, 0.4) is 0 Å². The van der Waals surface area contributed by atoms with Gasteiger partial charge in [-0.15, -0.1) is 0 Å². The van der Waals surface area contributed by atoms with Crippen LogP contribution in [-0.4, -0.2) is 29.9 Å². The summed E-state index contributed by atoms with van der Waals surface area (Å²) in [6, 6.07) is 5.58. The number of nitrogens with zero attached hydrogens (tertiary/aromatic N) is 1. The number of ether oxygens (including phenoxy) is 1. The van der Waals surface area contributed by atoms with Crippen LogP contribution in [0.5, 0.6) is 0 Å². The van der Waals surface area contributed by atoms with E-state index in [4.69, 9.17) is 4.74 Å². The molecule has 0 bridgehead atoms. The third-order valence-electron chi connectivity index (χ3n) is 3.95. The van der Waals surface area contributed by atoms with E-state index in [2.05, 4.69) is 22.0 Å². The van der Waals surface area contributed by atoms with Gasteiger partial charge in [-0.2, -0.15) is 0 Å². The molecule has 0 N–H and O–H groups in total. The van der Waals surface area contributed by atoms with Crippen LogP contribution in [0.15, 0.2) is 22.7 Å². The first kappa shape index (κ1) is 12.7. The van der Waals surface area contributed by atoms with E-state index < -0.39 is 6.04 Å². The predicted octanol–water partition coefficient (Wildman–Crippen LogP) is 2.21. The lowest BCUT2D eigenvalue weighted by atomic mass is 9.92. The molecule has 2 aliphatic heterocycles. The third-order valence-corrected chi connectivity index (χ3v) is 4.45. The number of hydrogen-bond donors (Lipinski definition) is 0. The molecule has 3 rings (SSSR count). The van der Waals surface area contributed by atoms with Gasteiger partial charge < -0.3 is 9.64 Å². The van der Waals surface area contributed by atoms with Gasteiger partial charge in [0, 0.05) is 4.47 Å². The number of esters is 1. The molecule has 0 aliphatic carbocycles. The Labute approximate surface area is 119 Å². The number of carbonyl (C=O) groups is 2. The molecule has 1 fully saturated rings. The molecule has 1 aromatic carbocycles. The zero-order valence-corrected chi connectivity index (χ0v) is 12.1. The maximum absolute atomic E-state index is 12.3. The second-order valence-corrected chi connectivity index (χ2v) is 5.87. The molecule has 4 nitrogen and oxygen atoms in total. The fraction of sp³-hybridized carbons (Fsp3) is 0.429. The van der Waals surface area contributed by atoms with Crippen molar-refractivity contribution >= 4 is 27.8 Å². The lowest BCUT2D eigenvalue weighted by Crippen LogP contribution is -2.45. The van der Waals surface area contributed by atoms with Gasteiger partial charge in [-0.25, -0.2) is 4.79 Å². The van der Waals surface area contributed by atoms with Crippen LogP contribution in [0.25, 0.3) is 0 Å². The molecule has 19 heavy (non-hydrogen) atoms. The minimum Gasteiger partial charge on any atom is -0.467 e. The van der Waals surface area contributed by atoms with Crippen molar-refractivity contribution in [3.8, 4) is 0 Å². The summed E-state index contributed by atoms with van der Waals surface area (Å²) in [5, 5.41) is 0. The quantitative estimate of drug-likeness (QED) is 0.744. The topological polar surface area (TPSA) is 46.6 Å². The average molecular weight is 324 g/mol. The van der Waals surface area contributed by atoms with E-state index in [1.165, 1.54) is 7.11 Å². The highest BCUT2D eigenvalue weighted by Crippen LogP contribution is 2.42. The molecule has 1 saturated heterocycles. The molecule has 0 saturated carbocycles. The van der Waals surface area contributed by atoms with Gasteiger partial charge in [-0.05, 0) is 36.1 Å². The molecule has 1 aromatic rings. The van der Waals surface area contributed by atoms with Crippen molar-refractivity contribution in [2.24, 2.45) is 0 Å². The van der Waals surface area contributed by atoms with Crippen LogP contribution in [0.1, 0.15) is 30.0 Å². The van der Waals surface area contributed by atoms with Crippen LogP contribution >= 0.6 is 15.9 Å². The zero-order valence-electron chi connectivity index (χ0n) is 10.6. The van der Waals surface area contributed by atoms with Crippen molar-refractivity contribution < 1.29 is 14.3 Å². The van der Waals surface area contributed by atoms with Crippen molar-refractivity contribution in [2.75, 3.05) is 7.11 Å². The zero-order chi connectivity index (χ0) is 13.6. The molecule has 0 spiro atoms. The number of hydrogen-bond acceptors (Lipinski definition) is 3. The standard InChI is InChI=1S/C14H14BrNO3/c1-19-14(18)12-5-4-11-10-7-9(15)3-2-8(10)6-13(17)16(11)12/h2-3,7,11-12H,4-6H2,1H3/t11?,12-/m0/s1. The van der Waals surface area contributed by atoms with E-state index >= 15 is 0 Å². The van der Waals surface area contributed by atoms with E-state index in [-0.39, 0.29) is 17.9 Å². The Morgan fingerprint density at radius 1 is 1.42 bits per heavy atom. The van der Waals surface area contributed by atoms with Crippen molar-refractivity contribution in [2.45, 2.75) is 31.3 Å². The van der Waals surface area contributed by atoms with E-state index in [1.54, 1.807) is 4.90 Å². The van der Waals surface area contributed by atoms with Gasteiger partial charge >= 0.3 is 5.97 Å². The van der Waals surface area contributed by atoms with E-state index in [1.807, 2.05) is 12.1 Å². The molecule has 2 aliphatic rings. The smallest absolute Gasteiger partial charge is 0.328 e. The molecule has 2 atom stereocenters. The average Bonchev–Trinajstić information content (AvgIpc) is 2.84. The van der Waals surface area contributed by atoms with Gasteiger partial charge in [0.05, 0.1) is 19.6 Å². The van der Waals surface area contributed by atoms with Gasteiger partial charge in [0.2, 0.25) is 5.91 Å². The van der Waals surface area contributed by atoms with E-state index in [0.717, 1.165) is 22.0 Å². The van der Waals surface area contributed by atoms with Gasteiger partial charge in [-0.3, -0.25) is 4.79 Å². The number of rotatable bonds is 1. The van der Waals surface area contributed by atoms with Crippen molar-refractivity contribution in [3.63, 3.8) is 0 Å². The van der Waals surface area contributed by atoms with Gasteiger partial charge in [0.1, 0.15) is 6.04 Å². The summed E-state index contributed by atoms with van der Waals surface area (Å²) in [6.45, 7) is 0. The summed E-state index contributed by atoms with van der Waals surface area (Å²) in [7, 11) is 1.37. The Bertz CT molecular complexity index is 558. The van der Waals surface area contributed by atoms with Gasteiger partial charge in [0.25, 0.3) is 0 Å². The van der Waals surface area contributed by atoms with E-state index in [0.29, 0.717) is 12.8 Å². The lowest BCUT2D eigenvalue weighted by molar-refractivity contribution is -0.152. The Kier molecular flexibility index (Phi) is 3.09. The first-order valence-electron chi connectivity index (χ1n) is 6.29. The van der Waals surface area contributed by atoms with Crippen LogP contribution in [-0.2, 0) is 20.7 Å². The molecular weight excluding hydrogens is 310 g/mol. The monoisotopic (exact) mass is 323 g/mol. The first-order chi connectivity index (χ1) is 9.11. The van der Waals surface area contributed by atoms with Crippen LogP contribution in [0, 0.1) is 0 Å². The largest absolute Gasteiger partial charge is 0.467 e. The number of methoxy groups -OCH3 is 1. The minimum absolute atomic E-state index is 0.0119. The highest BCUT2D eigenvalue weighted by molar-refractivity contribution is 9.10. The molecule has 100 valence electrons. The SMILES string of the molecule is COC(=O)[C@@H]1CCC2c3cc(Br)ccc3CC(=O)N21. The lowest BCUT2D eigenvalue weighted by Gasteiger charge is -2.34. The Hall–Kier alpha value is -1.36. The summed E-state index contributed by atoms with van der Waals surface area (Å²) in [5.74, 6) is -0.290. The summed E-state index contributed by atoms with van der Waals surface area (Å²) in [6.07, 6.45) is 1.86. The first-order valence-corrected chi connectivity index (χ1v) is 7.08. The summed E-state index contributed by atoms with van der Waals surface area (Å²) in [4.78, 5) is 25.7. The number of fused-ring (bicyclic) bond motifs is 3. The molecular formula is C14H14BrNO3. The number of halogens is 1. The molecule has 0 aromatic heterocycles. The normalized spacial score (nSPS) is 24.9. The second-order valence-electron chi connectivity index (χ2n) is 4.95. The number of amides is 1. The highest BCUT2D eigenvalue weighted by atomic mass is 79.9. The highest BCUT2D eigenvalue weighted by Gasteiger charge is 2.45. The van der Waals surface area contributed by atoms with Crippen LogP contribution in [0.4, 0.5) is 0 Å². The summed E-state index contributed by atoms with van der Waals surface area (Å²) < 4.78 is 5.80. The Morgan fingerprint density at radius 2 is 2.21 bits per heavy atom. The number of benzene rings is 1. The fourth-order valence-corrected chi connectivity index (χ4v) is 3.50. The maximum Gasteiger partial charge on any atom is 0.328 e. The molecule has 2 heterocycles.